The molecule has 2 aromatic rings. The molecule has 0 aliphatic rings. The Morgan fingerprint density at radius 1 is 1.37 bits per heavy atom. The van der Waals surface area contributed by atoms with E-state index < -0.39 is 0 Å². The van der Waals surface area contributed by atoms with E-state index in [-0.39, 0.29) is 11.9 Å². The van der Waals surface area contributed by atoms with Crippen LogP contribution in [0.25, 0.3) is 0 Å². The Balaban J connectivity index is 2.02. The van der Waals surface area contributed by atoms with Gasteiger partial charge < -0.3 is 5.32 Å². The molecule has 0 spiro atoms. The topological polar surface area (TPSA) is 37.8 Å². The van der Waals surface area contributed by atoms with Gasteiger partial charge in [-0.05, 0) is 36.6 Å². The number of pyridine rings is 2. The van der Waals surface area contributed by atoms with Crippen LogP contribution >= 0.6 is 0 Å². The van der Waals surface area contributed by atoms with Gasteiger partial charge in [0.05, 0.1) is 11.9 Å². The van der Waals surface area contributed by atoms with Gasteiger partial charge in [0, 0.05) is 25.0 Å². The third-order valence-electron chi connectivity index (χ3n) is 3.17. The van der Waals surface area contributed by atoms with E-state index in [1.54, 1.807) is 12.4 Å². The molecule has 1 N–H and O–H groups in total. The maximum atomic E-state index is 13.1. The summed E-state index contributed by atoms with van der Waals surface area (Å²) in [4.78, 5) is 8.24. The zero-order valence-electron chi connectivity index (χ0n) is 11.2. The van der Waals surface area contributed by atoms with Gasteiger partial charge in [0.25, 0.3) is 0 Å². The number of nitrogens with zero attached hydrogens (tertiary/aromatic N) is 2. The van der Waals surface area contributed by atoms with Gasteiger partial charge in [-0.25, -0.2) is 4.39 Å². The lowest BCUT2D eigenvalue weighted by atomic mass is 10.1. The summed E-state index contributed by atoms with van der Waals surface area (Å²) < 4.78 is 13.1. The Hall–Kier alpha value is -1.81. The molecule has 3 nitrogen and oxygen atoms in total. The molecule has 0 aromatic carbocycles. The van der Waals surface area contributed by atoms with Crippen molar-refractivity contribution in [2.24, 2.45) is 0 Å². The summed E-state index contributed by atoms with van der Waals surface area (Å²) in [7, 11) is 0. The summed E-state index contributed by atoms with van der Waals surface area (Å²) in [5.41, 5.74) is 3.12. The zero-order valence-corrected chi connectivity index (χ0v) is 11.2. The number of halogens is 1. The van der Waals surface area contributed by atoms with Gasteiger partial charge in [0.2, 0.25) is 0 Å². The molecule has 1 unspecified atom stereocenters. The Kier molecular flexibility index (Phi) is 4.58. The van der Waals surface area contributed by atoms with Crippen LogP contribution < -0.4 is 5.32 Å². The van der Waals surface area contributed by atoms with Crippen LogP contribution in [0, 0.1) is 5.82 Å². The van der Waals surface area contributed by atoms with Crippen LogP contribution in [-0.4, -0.2) is 9.97 Å². The fourth-order valence-corrected chi connectivity index (χ4v) is 1.99. The van der Waals surface area contributed by atoms with Crippen molar-refractivity contribution in [3.05, 3.63) is 59.4 Å². The number of aromatic nitrogens is 2. The fraction of sp³-hybridized carbons (Fsp3) is 0.333. The summed E-state index contributed by atoms with van der Waals surface area (Å²) in [6.07, 6.45) is 5.65. The van der Waals surface area contributed by atoms with Crippen molar-refractivity contribution in [3.8, 4) is 0 Å². The van der Waals surface area contributed by atoms with Gasteiger partial charge in [-0.1, -0.05) is 13.0 Å². The number of rotatable bonds is 5. The molecule has 0 bridgehead atoms. The molecule has 19 heavy (non-hydrogen) atoms. The number of nitrogens with one attached hydrogen (secondary N) is 1. The number of hydrogen-bond acceptors (Lipinski definition) is 3. The van der Waals surface area contributed by atoms with Gasteiger partial charge in [-0.3, -0.25) is 9.97 Å². The van der Waals surface area contributed by atoms with Crippen molar-refractivity contribution in [2.45, 2.75) is 32.9 Å². The van der Waals surface area contributed by atoms with Gasteiger partial charge in [0.1, 0.15) is 5.82 Å². The number of aryl methyl sites for hydroxylation is 1. The molecule has 1 atom stereocenters. The lowest BCUT2D eigenvalue weighted by Crippen LogP contribution is -2.20. The molecule has 0 aliphatic heterocycles. The third-order valence-corrected chi connectivity index (χ3v) is 3.17. The van der Waals surface area contributed by atoms with Crippen molar-refractivity contribution in [3.63, 3.8) is 0 Å². The first kappa shape index (κ1) is 13.6. The molecule has 0 fully saturated rings. The third kappa shape index (κ3) is 3.58. The molecule has 2 heterocycles. The predicted octanol–water partition coefficient (Wildman–Crippen LogP) is 3.03. The lowest BCUT2D eigenvalue weighted by Gasteiger charge is -2.15. The summed E-state index contributed by atoms with van der Waals surface area (Å²) >= 11 is 0. The van der Waals surface area contributed by atoms with E-state index in [4.69, 9.17) is 0 Å². The van der Waals surface area contributed by atoms with E-state index in [1.807, 2.05) is 13.0 Å². The van der Waals surface area contributed by atoms with E-state index in [9.17, 15) is 4.39 Å². The standard InChI is InChI=1S/C15H18FN3/c1-3-12-5-4-6-18-15(12)10-19-11(2)13-7-14(16)9-17-8-13/h4-9,11,19H,3,10H2,1-2H3. The van der Waals surface area contributed by atoms with Crippen molar-refractivity contribution in [1.29, 1.82) is 0 Å². The number of hydrogen-bond donors (Lipinski definition) is 1. The minimum absolute atomic E-state index is 0.0370. The Bertz CT molecular complexity index is 542. The minimum Gasteiger partial charge on any atom is -0.304 e. The van der Waals surface area contributed by atoms with E-state index in [0.29, 0.717) is 6.54 Å². The highest BCUT2D eigenvalue weighted by atomic mass is 19.1. The maximum Gasteiger partial charge on any atom is 0.141 e. The van der Waals surface area contributed by atoms with Crippen molar-refractivity contribution in [2.75, 3.05) is 0 Å². The first-order valence-electron chi connectivity index (χ1n) is 6.47. The summed E-state index contributed by atoms with van der Waals surface area (Å²) in [5, 5.41) is 3.35. The molecular formula is C15H18FN3. The first-order valence-corrected chi connectivity index (χ1v) is 6.47. The van der Waals surface area contributed by atoms with Crippen LogP contribution in [-0.2, 0) is 13.0 Å². The van der Waals surface area contributed by atoms with Gasteiger partial charge in [-0.2, -0.15) is 0 Å². The molecular weight excluding hydrogens is 241 g/mol. The summed E-state index contributed by atoms with van der Waals surface area (Å²) in [6.45, 7) is 4.77. The maximum absolute atomic E-state index is 13.1. The highest BCUT2D eigenvalue weighted by molar-refractivity contribution is 5.20. The average molecular weight is 259 g/mol. The Labute approximate surface area is 112 Å². The van der Waals surface area contributed by atoms with Crippen LogP contribution in [0.1, 0.15) is 36.7 Å². The molecule has 0 amide bonds. The molecule has 2 aromatic heterocycles. The molecule has 0 saturated carbocycles. The van der Waals surface area contributed by atoms with Crippen LogP contribution in [0.4, 0.5) is 4.39 Å². The molecule has 2 rings (SSSR count). The highest BCUT2D eigenvalue weighted by Crippen LogP contribution is 2.13. The Morgan fingerprint density at radius 2 is 2.21 bits per heavy atom. The smallest absolute Gasteiger partial charge is 0.141 e. The predicted molar refractivity (Wildman–Crippen MR) is 73.1 cm³/mol. The van der Waals surface area contributed by atoms with Gasteiger partial charge in [-0.15, -0.1) is 0 Å². The molecule has 100 valence electrons. The zero-order chi connectivity index (χ0) is 13.7. The van der Waals surface area contributed by atoms with Crippen LogP contribution in [0.2, 0.25) is 0 Å². The van der Waals surface area contributed by atoms with E-state index >= 15 is 0 Å². The molecule has 4 heteroatoms. The van der Waals surface area contributed by atoms with E-state index in [0.717, 1.165) is 17.7 Å². The second kappa shape index (κ2) is 6.38. The SMILES string of the molecule is CCc1cccnc1CNC(C)c1cncc(F)c1. The van der Waals surface area contributed by atoms with Gasteiger partial charge >= 0.3 is 0 Å². The molecule has 0 saturated heterocycles. The van der Waals surface area contributed by atoms with Crippen LogP contribution in [0.3, 0.4) is 0 Å². The van der Waals surface area contributed by atoms with Gasteiger partial charge in [0.15, 0.2) is 0 Å². The van der Waals surface area contributed by atoms with E-state index in [2.05, 4.69) is 28.3 Å². The first-order chi connectivity index (χ1) is 9.20. The Morgan fingerprint density at radius 3 is 2.95 bits per heavy atom. The second-order valence-electron chi connectivity index (χ2n) is 4.50. The fourth-order valence-electron chi connectivity index (χ4n) is 1.99. The molecule has 0 radical (unpaired) electrons. The van der Waals surface area contributed by atoms with Crippen LogP contribution in [0.15, 0.2) is 36.8 Å². The minimum atomic E-state index is -0.307. The van der Waals surface area contributed by atoms with Crippen molar-refractivity contribution < 1.29 is 4.39 Å². The normalized spacial score (nSPS) is 12.4. The van der Waals surface area contributed by atoms with Crippen molar-refractivity contribution >= 4 is 0 Å². The van der Waals surface area contributed by atoms with Crippen molar-refractivity contribution in [1.82, 2.24) is 15.3 Å². The summed E-state index contributed by atoms with van der Waals surface area (Å²) in [6, 6.07) is 5.57. The molecule has 0 aliphatic carbocycles. The van der Waals surface area contributed by atoms with E-state index in [1.165, 1.54) is 17.8 Å². The lowest BCUT2D eigenvalue weighted by molar-refractivity contribution is 0.553. The average Bonchev–Trinajstić information content (AvgIpc) is 2.45. The highest BCUT2D eigenvalue weighted by Gasteiger charge is 2.08. The quantitative estimate of drug-likeness (QED) is 0.897. The van der Waals surface area contributed by atoms with Crippen LogP contribution in [0.5, 0.6) is 0 Å². The largest absolute Gasteiger partial charge is 0.304 e. The second-order valence-corrected chi connectivity index (χ2v) is 4.50. The monoisotopic (exact) mass is 259 g/mol. The summed E-state index contributed by atoms with van der Waals surface area (Å²) in [5.74, 6) is -0.307.